The van der Waals surface area contributed by atoms with Crippen molar-refractivity contribution in [1.82, 2.24) is 16.0 Å². The van der Waals surface area contributed by atoms with Gasteiger partial charge in [0.2, 0.25) is 0 Å². The van der Waals surface area contributed by atoms with E-state index in [0.29, 0.717) is 24.6 Å². The maximum Gasteiger partial charge on any atom is 0.422 e. The van der Waals surface area contributed by atoms with Gasteiger partial charge in [-0.1, -0.05) is 18.2 Å². The molecule has 1 aromatic rings. The van der Waals surface area contributed by atoms with Crippen LogP contribution in [0.4, 0.5) is 18.0 Å². The van der Waals surface area contributed by atoms with E-state index in [1.807, 2.05) is 0 Å². The maximum atomic E-state index is 12.4. The molecule has 1 amide bonds. The second-order valence-corrected chi connectivity index (χ2v) is 6.79. The number of nitrogens with zero attached hydrogens (tertiary/aromatic N) is 1. The zero-order chi connectivity index (χ0) is 21.2. The van der Waals surface area contributed by atoms with E-state index < -0.39 is 24.5 Å². The van der Waals surface area contributed by atoms with Crippen molar-refractivity contribution in [2.75, 3.05) is 26.7 Å². The largest absolute Gasteiger partial charge is 0.484 e. The molecule has 0 aliphatic rings. The lowest BCUT2D eigenvalue weighted by molar-refractivity contribution is -0.153. The van der Waals surface area contributed by atoms with Gasteiger partial charge in [-0.15, -0.1) is 24.0 Å². The van der Waals surface area contributed by atoms with Crippen molar-refractivity contribution in [2.24, 2.45) is 4.99 Å². The molecule has 1 rings (SSSR count). The normalized spacial score (nSPS) is 11.9. The number of nitrogens with one attached hydrogen (secondary N) is 3. The monoisotopic (exact) mass is 532 g/mol. The molecule has 0 unspecified atom stereocenters. The van der Waals surface area contributed by atoms with Crippen LogP contribution in [0, 0.1) is 0 Å². The smallest absolute Gasteiger partial charge is 0.422 e. The molecule has 0 bridgehead atoms. The molecule has 0 aliphatic heterocycles. The molecule has 0 saturated carbocycles. The fraction of sp³-hybridized carbons (Fsp3) is 0.556. The Hall–Kier alpha value is -1.92. The quantitative estimate of drug-likeness (QED) is 0.217. The molecule has 0 atom stereocenters. The van der Waals surface area contributed by atoms with Crippen LogP contribution in [0.25, 0.3) is 0 Å². The van der Waals surface area contributed by atoms with Crippen LogP contribution in [0.15, 0.2) is 29.3 Å². The van der Waals surface area contributed by atoms with Gasteiger partial charge in [0.1, 0.15) is 11.4 Å². The van der Waals surface area contributed by atoms with Crippen molar-refractivity contribution in [1.29, 1.82) is 0 Å². The van der Waals surface area contributed by atoms with Gasteiger partial charge in [0, 0.05) is 32.2 Å². The Kier molecular flexibility index (Phi) is 11.8. The molecule has 0 saturated heterocycles. The third-order valence-electron chi connectivity index (χ3n) is 3.12. The van der Waals surface area contributed by atoms with Gasteiger partial charge in [-0.2, -0.15) is 13.2 Å². The number of alkyl halides is 3. The van der Waals surface area contributed by atoms with E-state index in [0.717, 1.165) is 0 Å². The standard InChI is InChI=1S/C18H27F3N4O3.HI/c1-17(2,3)28-16(26)24-10-9-23-15(22-4)25-11-13-7-5-6-8-14(13)27-12-18(19,20)21;/h5-8H,9-12H2,1-4H3,(H,24,26)(H2,22,23,25);1H. The summed E-state index contributed by atoms with van der Waals surface area (Å²) in [5.41, 5.74) is -0.0157. The van der Waals surface area contributed by atoms with Crippen LogP contribution in [-0.4, -0.2) is 50.6 Å². The van der Waals surface area contributed by atoms with Crippen LogP contribution in [0.5, 0.6) is 5.75 Å². The van der Waals surface area contributed by atoms with Crippen LogP contribution in [0.3, 0.4) is 0 Å². The Balaban J connectivity index is 0.00000784. The van der Waals surface area contributed by atoms with Gasteiger partial charge in [-0.25, -0.2) is 4.79 Å². The van der Waals surface area contributed by atoms with Crippen molar-refractivity contribution >= 4 is 36.0 Å². The van der Waals surface area contributed by atoms with Gasteiger partial charge in [0.25, 0.3) is 0 Å². The number of amides is 1. The number of hydrogen-bond donors (Lipinski definition) is 3. The number of guanidine groups is 1. The van der Waals surface area contributed by atoms with Crippen molar-refractivity contribution in [3.63, 3.8) is 0 Å². The molecule has 166 valence electrons. The number of benzene rings is 1. The number of hydrogen-bond acceptors (Lipinski definition) is 4. The molecule has 0 fully saturated rings. The Labute approximate surface area is 185 Å². The van der Waals surface area contributed by atoms with Gasteiger partial charge in [0.15, 0.2) is 12.6 Å². The highest BCUT2D eigenvalue weighted by molar-refractivity contribution is 14.0. The summed E-state index contributed by atoms with van der Waals surface area (Å²) < 4.78 is 47.0. The second kappa shape index (κ2) is 12.6. The molecule has 0 radical (unpaired) electrons. The molecular formula is C18H28F3IN4O3. The number of carbonyl (C=O) groups excluding carboxylic acids is 1. The van der Waals surface area contributed by atoms with Crippen LogP contribution in [0.1, 0.15) is 26.3 Å². The van der Waals surface area contributed by atoms with E-state index in [2.05, 4.69) is 20.9 Å². The minimum absolute atomic E-state index is 0. The van der Waals surface area contributed by atoms with E-state index in [1.165, 1.54) is 6.07 Å². The summed E-state index contributed by atoms with van der Waals surface area (Å²) >= 11 is 0. The molecule has 0 spiro atoms. The number of ether oxygens (including phenoxy) is 2. The van der Waals surface area contributed by atoms with Crippen LogP contribution < -0.4 is 20.7 Å². The Bertz CT molecular complexity index is 664. The first-order valence-corrected chi connectivity index (χ1v) is 8.69. The number of alkyl carbamates (subject to hydrolysis) is 1. The molecular weight excluding hydrogens is 504 g/mol. The summed E-state index contributed by atoms with van der Waals surface area (Å²) in [6.07, 6.45) is -4.92. The van der Waals surface area contributed by atoms with Crippen molar-refractivity contribution in [3.8, 4) is 5.75 Å². The minimum atomic E-state index is -4.40. The van der Waals surface area contributed by atoms with Crippen LogP contribution in [-0.2, 0) is 11.3 Å². The first-order valence-electron chi connectivity index (χ1n) is 8.69. The minimum Gasteiger partial charge on any atom is -0.484 e. The Morgan fingerprint density at radius 1 is 1.07 bits per heavy atom. The van der Waals surface area contributed by atoms with Gasteiger partial charge >= 0.3 is 12.3 Å². The fourth-order valence-corrected chi connectivity index (χ4v) is 2.01. The highest BCUT2D eigenvalue weighted by Gasteiger charge is 2.28. The Morgan fingerprint density at radius 3 is 2.28 bits per heavy atom. The molecule has 29 heavy (non-hydrogen) atoms. The summed E-state index contributed by atoms with van der Waals surface area (Å²) in [5.74, 6) is 0.575. The van der Waals surface area contributed by atoms with E-state index >= 15 is 0 Å². The highest BCUT2D eigenvalue weighted by Crippen LogP contribution is 2.22. The molecule has 0 aromatic heterocycles. The maximum absolute atomic E-state index is 12.4. The number of halogens is 4. The predicted octanol–water partition coefficient (Wildman–Crippen LogP) is 3.44. The number of carbonyl (C=O) groups is 1. The molecule has 1 aromatic carbocycles. The van der Waals surface area contributed by atoms with Crippen molar-refractivity contribution in [3.05, 3.63) is 29.8 Å². The summed E-state index contributed by atoms with van der Waals surface area (Å²) in [7, 11) is 1.56. The zero-order valence-corrected chi connectivity index (χ0v) is 19.2. The summed E-state index contributed by atoms with van der Waals surface area (Å²) in [5, 5.41) is 8.56. The Morgan fingerprint density at radius 2 is 1.69 bits per heavy atom. The highest BCUT2D eigenvalue weighted by atomic mass is 127. The topological polar surface area (TPSA) is 84.0 Å². The third kappa shape index (κ3) is 13.0. The summed E-state index contributed by atoms with van der Waals surface area (Å²) in [4.78, 5) is 15.6. The van der Waals surface area contributed by atoms with Gasteiger partial charge < -0.3 is 25.4 Å². The van der Waals surface area contributed by atoms with Gasteiger partial charge in [-0.05, 0) is 26.8 Å². The van der Waals surface area contributed by atoms with E-state index in [-0.39, 0.29) is 36.3 Å². The molecule has 11 heteroatoms. The molecule has 0 heterocycles. The van der Waals surface area contributed by atoms with Crippen molar-refractivity contribution in [2.45, 2.75) is 39.1 Å². The lowest BCUT2D eigenvalue weighted by Gasteiger charge is -2.20. The number of aliphatic imine (C=N–C) groups is 1. The fourth-order valence-electron chi connectivity index (χ4n) is 2.01. The van der Waals surface area contributed by atoms with Crippen molar-refractivity contribution < 1.29 is 27.4 Å². The average Bonchev–Trinajstić information content (AvgIpc) is 2.58. The average molecular weight is 532 g/mol. The second-order valence-electron chi connectivity index (χ2n) is 6.79. The molecule has 7 nitrogen and oxygen atoms in total. The van der Waals surface area contributed by atoms with Crippen LogP contribution >= 0.6 is 24.0 Å². The summed E-state index contributed by atoms with van der Waals surface area (Å²) in [6.45, 7) is 4.86. The van der Waals surface area contributed by atoms with Crippen LogP contribution in [0.2, 0.25) is 0 Å². The lowest BCUT2D eigenvalue weighted by Crippen LogP contribution is -2.42. The summed E-state index contributed by atoms with van der Waals surface area (Å²) in [6, 6.07) is 6.45. The lowest BCUT2D eigenvalue weighted by atomic mass is 10.2. The number of para-hydroxylation sites is 1. The van der Waals surface area contributed by atoms with E-state index in [9.17, 15) is 18.0 Å². The molecule has 3 N–H and O–H groups in total. The van der Waals surface area contributed by atoms with Gasteiger partial charge in [0.05, 0.1) is 0 Å². The van der Waals surface area contributed by atoms with Gasteiger partial charge in [-0.3, -0.25) is 4.99 Å². The zero-order valence-electron chi connectivity index (χ0n) is 16.9. The van der Waals surface area contributed by atoms with E-state index in [1.54, 1.807) is 46.0 Å². The first kappa shape index (κ1) is 27.1. The number of rotatable bonds is 7. The molecule has 0 aliphatic carbocycles. The first-order chi connectivity index (χ1) is 13.0. The SMILES string of the molecule is CN=C(NCCNC(=O)OC(C)(C)C)NCc1ccccc1OCC(F)(F)F.I. The third-order valence-corrected chi connectivity index (χ3v) is 3.12. The van der Waals surface area contributed by atoms with E-state index in [4.69, 9.17) is 9.47 Å². The predicted molar refractivity (Wildman–Crippen MR) is 116 cm³/mol.